The first-order valence-corrected chi connectivity index (χ1v) is 19.8. The molecule has 0 aliphatic heterocycles. The van der Waals surface area contributed by atoms with E-state index in [9.17, 15) is 0 Å². The second-order valence-corrected chi connectivity index (χ2v) is 15.0. The molecule has 0 amide bonds. The van der Waals surface area contributed by atoms with Crippen molar-refractivity contribution in [1.82, 2.24) is 0 Å². The fraction of sp³-hybridized carbons (Fsp3) is 0. The summed E-state index contributed by atoms with van der Waals surface area (Å²) in [4.78, 5) is 2.41. The third kappa shape index (κ3) is 6.09. The molecule has 0 saturated carbocycles. The lowest BCUT2D eigenvalue weighted by Crippen LogP contribution is -2.11. The van der Waals surface area contributed by atoms with Crippen molar-refractivity contribution in [1.29, 1.82) is 0 Å². The van der Waals surface area contributed by atoms with Gasteiger partial charge in [-0.25, -0.2) is 0 Å². The van der Waals surface area contributed by atoms with Crippen LogP contribution in [0.2, 0.25) is 0 Å². The summed E-state index contributed by atoms with van der Waals surface area (Å²) in [6, 6.07) is 80.9. The molecule has 272 valence electrons. The fourth-order valence-electron chi connectivity index (χ4n) is 8.43. The highest BCUT2D eigenvalue weighted by Gasteiger charge is 2.20. The molecule has 11 rings (SSSR count). The Kier molecular flexibility index (Phi) is 8.19. The summed E-state index contributed by atoms with van der Waals surface area (Å²) in [5.74, 6) is 0. The van der Waals surface area contributed by atoms with E-state index in [1.807, 2.05) is 12.1 Å². The van der Waals surface area contributed by atoms with Crippen LogP contribution in [0.5, 0.6) is 0 Å². The van der Waals surface area contributed by atoms with Gasteiger partial charge in [0.05, 0.1) is 5.69 Å². The quantitative estimate of drug-likeness (QED) is 0.162. The van der Waals surface area contributed by atoms with Crippen LogP contribution in [0.3, 0.4) is 0 Å². The van der Waals surface area contributed by atoms with Crippen LogP contribution >= 0.6 is 0 Å². The Morgan fingerprint density at radius 1 is 0.276 bits per heavy atom. The van der Waals surface area contributed by atoms with Crippen LogP contribution in [-0.2, 0) is 0 Å². The summed E-state index contributed by atoms with van der Waals surface area (Å²) < 4.78 is 6.27. The van der Waals surface area contributed by atoms with Gasteiger partial charge in [-0.3, -0.25) is 0 Å². The molecule has 1 aromatic heterocycles. The fourth-order valence-corrected chi connectivity index (χ4v) is 8.43. The van der Waals surface area contributed by atoms with Crippen LogP contribution in [0.1, 0.15) is 0 Å². The van der Waals surface area contributed by atoms with E-state index in [1.165, 1.54) is 38.2 Å². The molecule has 0 spiro atoms. The molecular formula is C56H37NO. The second-order valence-electron chi connectivity index (χ2n) is 15.0. The highest BCUT2D eigenvalue weighted by atomic mass is 16.3. The summed E-state index contributed by atoms with van der Waals surface area (Å²) in [6.45, 7) is 0. The number of hydrogen-bond acceptors (Lipinski definition) is 2. The summed E-state index contributed by atoms with van der Waals surface area (Å²) in [5.41, 5.74) is 14.3. The third-order valence-corrected chi connectivity index (χ3v) is 11.5. The van der Waals surface area contributed by atoms with Gasteiger partial charge in [0.15, 0.2) is 0 Å². The van der Waals surface area contributed by atoms with Crippen LogP contribution in [0.15, 0.2) is 229 Å². The average molecular weight is 740 g/mol. The van der Waals surface area contributed by atoms with E-state index in [4.69, 9.17) is 4.42 Å². The number of fused-ring (bicyclic) bond motifs is 5. The predicted molar refractivity (Wildman–Crippen MR) is 245 cm³/mol. The van der Waals surface area contributed by atoms with Gasteiger partial charge in [-0.05, 0) is 121 Å². The Bertz CT molecular complexity index is 3270. The minimum Gasteiger partial charge on any atom is -0.456 e. The Labute approximate surface area is 337 Å². The minimum absolute atomic E-state index is 0.897. The highest BCUT2D eigenvalue weighted by Crippen LogP contribution is 2.44. The van der Waals surface area contributed by atoms with Crippen molar-refractivity contribution < 1.29 is 4.42 Å². The van der Waals surface area contributed by atoms with Crippen molar-refractivity contribution in [2.24, 2.45) is 0 Å². The molecule has 11 aromatic rings. The van der Waals surface area contributed by atoms with Gasteiger partial charge in [-0.2, -0.15) is 0 Å². The van der Waals surface area contributed by atoms with E-state index >= 15 is 0 Å². The van der Waals surface area contributed by atoms with Gasteiger partial charge in [0.2, 0.25) is 0 Å². The highest BCUT2D eigenvalue weighted by molar-refractivity contribution is 6.06. The van der Waals surface area contributed by atoms with Gasteiger partial charge in [-0.15, -0.1) is 0 Å². The Hall–Kier alpha value is -7.68. The molecular weight excluding hydrogens is 703 g/mol. The SMILES string of the molecule is c1ccc(-c2ccc(-c3ccc4ccccc4c3)cc2N(c2ccc(-c3ccc4ccccc4c3)cc2)c2ccc(-c3ccc4c(c3)oc3ccccc34)cc2)cc1. The lowest BCUT2D eigenvalue weighted by Gasteiger charge is -2.29. The molecule has 2 nitrogen and oxygen atoms in total. The number of anilines is 3. The lowest BCUT2D eigenvalue weighted by molar-refractivity contribution is 0.669. The van der Waals surface area contributed by atoms with E-state index in [0.717, 1.165) is 66.8 Å². The van der Waals surface area contributed by atoms with E-state index in [0.29, 0.717) is 0 Å². The summed E-state index contributed by atoms with van der Waals surface area (Å²) in [6.07, 6.45) is 0. The summed E-state index contributed by atoms with van der Waals surface area (Å²) in [7, 11) is 0. The molecule has 1 heterocycles. The minimum atomic E-state index is 0.897. The Morgan fingerprint density at radius 3 is 1.40 bits per heavy atom. The number of rotatable bonds is 7. The third-order valence-electron chi connectivity index (χ3n) is 11.5. The first-order valence-electron chi connectivity index (χ1n) is 19.8. The molecule has 0 aliphatic carbocycles. The number of nitrogens with zero attached hydrogens (tertiary/aromatic N) is 1. The van der Waals surface area contributed by atoms with Crippen LogP contribution in [-0.4, -0.2) is 0 Å². The Morgan fingerprint density at radius 2 is 0.741 bits per heavy atom. The molecule has 0 N–H and O–H groups in total. The van der Waals surface area contributed by atoms with Crippen LogP contribution < -0.4 is 4.90 Å². The van der Waals surface area contributed by atoms with Crippen molar-refractivity contribution in [2.45, 2.75) is 0 Å². The molecule has 0 aliphatic rings. The predicted octanol–water partition coefficient (Wildman–Crippen LogP) is 16.0. The van der Waals surface area contributed by atoms with Crippen molar-refractivity contribution >= 4 is 60.5 Å². The van der Waals surface area contributed by atoms with Gasteiger partial charge in [-0.1, -0.05) is 164 Å². The zero-order valence-electron chi connectivity index (χ0n) is 31.7. The topological polar surface area (TPSA) is 16.4 Å². The number of furan rings is 1. The number of para-hydroxylation sites is 1. The number of benzene rings is 10. The maximum atomic E-state index is 6.27. The molecule has 0 radical (unpaired) electrons. The zero-order chi connectivity index (χ0) is 38.4. The summed E-state index contributed by atoms with van der Waals surface area (Å²) in [5, 5.41) is 7.22. The standard InChI is InChI=1S/C56H37NO/c1-2-12-42(13-3-1)51-32-26-47(46-21-19-39-11-5-7-15-44(39)35-46)36-54(51)57(49-28-22-40(23-29-49)45-20-18-38-10-4-6-14-43(38)34-45)50-30-24-41(25-31-50)48-27-33-53-52-16-8-9-17-55(52)58-56(53)37-48/h1-37H. The Balaban J connectivity index is 1.06. The first-order chi connectivity index (χ1) is 28.7. The maximum Gasteiger partial charge on any atom is 0.136 e. The largest absolute Gasteiger partial charge is 0.456 e. The molecule has 0 bridgehead atoms. The molecule has 10 aromatic carbocycles. The molecule has 2 heteroatoms. The lowest BCUT2D eigenvalue weighted by atomic mass is 9.95. The van der Waals surface area contributed by atoms with Gasteiger partial charge in [0, 0.05) is 27.7 Å². The van der Waals surface area contributed by atoms with E-state index in [2.05, 4.69) is 217 Å². The van der Waals surface area contributed by atoms with Gasteiger partial charge < -0.3 is 9.32 Å². The van der Waals surface area contributed by atoms with Crippen molar-refractivity contribution in [2.75, 3.05) is 4.90 Å². The summed E-state index contributed by atoms with van der Waals surface area (Å²) >= 11 is 0. The molecule has 0 fully saturated rings. The van der Waals surface area contributed by atoms with Crippen molar-refractivity contribution in [3.8, 4) is 44.5 Å². The normalized spacial score (nSPS) is 11.4. The molecule has 0 atom stereocenters. The average Bonchev–Trinajstić information content (AvgIpc) is 3.67. The molecule has 0 unspecified atom stereocenters. The monoisotopic (exact) mass is 739 g/mol. The van der Waals surface area contributed by atoms with E-state index in [-0.39, 0.29) is 0 Å². The molecule has 0 saturated heterocycles. The van der Waals surface area contributed by atoms with E-state index < -0.39 is 0 Å². The van der Waals surface area contributed by atoms with E-state index in [1.54, 1.807) is 0 Å². The molecule has 58 heavy (non-hydrogen) atoms. The van der Waals surface area contributed by atoms with Gasteiger partial charge in [0.25, 0.3) is 0 Å². The van der Waals surface area contributed by atoms with Gasteiger partial charge >= 0.3 is 0 Å². The smallest absolute Gasteiger partial charge is 0.136 e. The van der Waals surface area contributed by atoms with Crippen LogP contribution in [0, 0.1) is 0 Å². The van der Waals surface area contributed by atoms with Crippen molar-refractivity contribution in [3.05, 3.63) is 224 Å². The van der Waals surface area contributed by atoms with Crippen molar-refractivity contribution in [3.63, 3.8) is 0 Å². The van der Waals surface area contributed by atoms with Crippen LogP contribution in [0.25, 0.3) is 88.0 Å². The number of hydrogen-bond donors (Lipinski definition) is 0. The van der Waals surface area contributed by atoms with Gasteiger partial charge in [0.1, 0.15) is 11.2 Å². The maximum absolute atomic E-state index is 6.27. The van der Waals surface area contributed by atoms with Crippen LogP contribution in [0.4, 0.5) is 17.1 Å². The first kappa shape index (κ1) is 33.6. The second kappa shape index (κ2) is 14.1. The zero-order valence-corrected chi connectivity index (χ0v) is 31.7.